The van der Waals surface area contributed by atoms with Crippen LogP contribution in [0.4, 0.5) is 13.2 Å². The topological polar surface area (TPSA) is 64.0 Å². The molecule has 0 saturated heterocycles. The van der Waals surface area contributed by atoms with Gasteiger partial charge in [-0.25, -0.2) is 4.98 Å². The van der Waals surface area contributed by atoms with Gasteiger partial charge in [-0.15, -0.1) is 11.3 Å². The maximum atomic E-state index is 12.9. The van der Waals surface area contributed by atoms with Crippen molar-refractivity contribution in [2.75, 3.05) is 0 Å². The molecule has 0 spiro atoms. The number of carbonyl (C=O) groups excluding carboxylic acids is 1. The lowest BCUT2D eigenvalue weighted by atomic mass is 9.97. The molecule has 9 heteroatoms. The molecule has 0 atom stereocenters. The predicted octanol–water partition coefficient (Wildman–Crippen LogP) is 4.06. The number of rotatable bonds is 5. The smallest absolute Gasteiger partial charge is 0.352 e. The van der Waals surface area contributed by atoms with Gasteiger partial charge in [0.2, 0.25) is 5.91 Å². The summed E-state index contributed by atoms with van der Waals surface area (Å²) in [6.07, 6.45) is 1.13. The number of halogens is 3. The van der Waals surface area contributed by atoms with Crippen molar-refractivity contribution >= 4 is 27.5 Å². The fraction of sp³-hybridized carbons (Fsp3) is 0.381. The second kappa shape index (κ2) is 8.22. The van der Waals surface area contributed by atoms with Crippen LogP contribution in [0.25, 0.3) is 10.2 Å². The van der Waals surface area contributed by atoms with E-state index in [0.717, 1.165) is 48.2 Å². The van der Waals surface area contributed by atoms with E-state index in [0.29, 0.717) is 10.9 Å². The maximum absolute atomic E-state index is 12.9. The maximum Gasteiger partial charge on any atom is 0.416 e. The molecule has 158 valence electrons. The molecule has 30 heavy (non-hydrogen) atoms. The number of hydrogen-bond donors (Lipinski definition) is 1. The van der Waals surface area contributed by atoms with E-state index in [2.05, 4.69) is 10.3 Å². The predicted molar refractivity (Wildman–Crippen MR) is 108 cm³/mol. The van der Waals surface area contributed by atoms with Crippen LogP contribution >= 0.6 is 11.3 Å². The van der Waals surface area contributed by atoms with Crippen LogP contribution in [0.3, 0.4) is 0 Å². The first kappa shape index (κ1) is 20.6. The average Bonchev–Trinajstić information content (AvgIpc) is 3.11. The number of fused-ring (bicyclic) bond motifs is 3. The molecule has 4 rings (SSSR count). The van der Waals surface area contributed by atoms with E-state index < -0.39 is 11.7 Å². The van der Waals surface area contributed by atoms with Crippen LogP contribution in [0, 0.1) is 0 Å². The molecule has 1 aliphatic carbocycles. The zero-order valence-corrected chi connectivity index (χ0v) is 16.9. The summed E-state index contributed by atoms with van der Waals surface area (Å²) in [7, 11) is 0. The molecule has 2 aromatic heterocycles. The second-order valence-corrected chi connectivity index (χ2v) is 8.44. The third-order valence-electron chi connectivity index (χ3n) is 5.27. The minimum absolute atomic E-state index is 0.00697. The van der Waals surface area contributed by atoms with E-state index in [1.165, 1.54) is 27.9 Å². The second-order valence-electron chi connectivity index (χ2n) is 7.36. The Morgan fingerprint density at radius 3 is 2.83 bits per heavy atom. The van der Waals surface area contributed by atoms with E-state index >= 15 is 0 Å². The van der Waals surface area contributed by atoms with Crippen LogP contribution in [-0.4, -0.2) is 15.5 Å². The molecule has 2 heterocycles. The van der Waals surface area contributed by atoms with Crippen LogP contribution in [0.5, 0.6) is 0 Å². The van der Waals surface area contributed by atoms with Crippen molar-refractivity contribution in [1.82, 2.24) is 14.9 Å². The average molecular weight is 435 g/mol. The standard InChI is InChI=1S/C21H20F3N3O2S/c22-21(23,24)14-5-3-4-13(10-14)11-25-17(28)8-9-27-12-26-19-18(20(27)29)15-6-1-2-7-16(15)30-19/h3-5,10,12H,1-2,6-9,11H2,(H,25,28). The van der Waals surface area contributed by atoms with Gasteiger partial charge in [0.05, 0.1) is 17.3 Å². The number of hydrogen-bond acceptors (Lipinski definition) is 4. The molecule has 3 aromatic rings. The summed E-state index contributed by atoms with van der Waals surface area (Å²) in [5.41, 5.74) is 0.578. The Balaban J connectivity index is 1.40. The van der Waals surface area contributed by atoms with Crippen LogP contribution in [0.15, 0.2) is 35.4 Å². The van der Waals surface area contributed by atoms with Crippen molar-refractivity contribution in [2.24, 2.45) is 0 Å². The van der Waals surface area contributed by atoms with E-state index in [1.807, 2.05) is 0 Å². The Bertz CT molecular complexity index is 1150. The first-order valence-electron chi connectivity index (χ1n) is 9.75. The van der Waals surface area contributed by atoms with Gasteiger partial charge in [-0.2, -0.15) is 13.2 Å². The number of aromatic nitrogens is 2. The number of benzene rings is 1. The minimum atomic E-state index is -4.42. The van der Waals surface area contributed by atoms with Gasteiger partial charge < -0.3 is 5.32 Å². The van der Waals surface area contributed by atoms with Crippen molar-refractivity contribution < 1.29 is 18.0 Å². The Kier molecular flexibility index (Phi) is 5.64. The van der Waals surface area contributed by atoms with Crippen molar-refractivity contribution in [3.05, 3.63) is 62.5 Å². The third-order valence-corrected chi connectivity index (χ3v) is 6.47. The highest BCUT2D eigenvalue weighted by Gasteiger charge is 2.30. The zero-order chi connectivity index (χ0) is 21.3. The molecule has 0 unspecified atom stereocenters. The van der Waals surface area contributed by atoms with Gasteiger partial charge in [0.25, 0.3) is 5.56 Å². The molecule has 0 radical (unpaired) electrons. The number of thiophene rings is 1. The van der Waals surface area contributed by atoms with E-state index in [-0.39, 0.29) is 31.0 Å². The minimum Gasteiger partial charge on any atom is -0.352 e. The zero-order valence-electron chi connectivity index (χ0n) is 16.1. The molecule has 0 fully saturated rings. The fourth-order valence-corrected chi connectivity index (χ4v) is 4.93. The first-order chi connectivity index (χ1) is 14.3. The Labute approximate surface area is 174 Å². The largest absolute Gasteiger partial charge is 0.416 e. The molecule has 0 aliphatic heterocycles. The lowest BCUT2D eigenvalue weighted by Crippen LogP contribution is -2.27. The molecular weight excluding hydrogens is 415 g/mol. The molecular formula is C21H20F3N3O2S. The first-order valence-corrected chi connectivity index (χ1v) is 10.6. The van der Waals surface area contributed by atoms with E-state index in [4.69, 9.17) is 0 Å². The van der Waals surface area contributed by atoms with Gasteiger partial charge in [-0.3, -0.25) is 14.2 Å². The number of alkyl halides is 3. The van der Waals surface area contributed by atoms with Gasteiger partial charge in [-0.05, 0) is 48.9 Å². The molecule has 0 bridgehead atoms. The van der Waals surface area contributed by atoms with Crippen LogP contribution in [-0.2, 0) is 36.9 Å². The van der Waals surface area contributed by atoms with Gasteiger partial charge >= 0.3 is 6.18 Å². The van der Waals surface area contributed by atoms with E-state index in [9.17, 15) is 22.8 Å². The number of aryl methyl sites for hydroxylation is 3. The van der Waals surface area contributed by atoms with Gasteiger partial charge in [0.1, 0.15) is 4.83 Å². The van der Waals surface area contributed by atoms with Crippen LogP contribution in [0.2, 0.25) is 0 Å². The highest BCUT2D eigenvalue weighted by atomic mass is 32.1. The Morgan fingerprint density at radius 1 is 1.23 bits per heavy atom. The number of amides is 1. The molecule has 1 N–H and O–H groups in total. The Morgan fingerprint density at radius 2 is 2.03 bits per heavy atom. The van der Waals surface area contributed by atoms with Crippen molar-refractivity contribution in [2.45, 2.75) is 51.4 Å². The van der Waals surface area contributed by atoms with Gasteiger partial charge in [0, 0.05) is 24.4 Å². The lowest BCUT2D eigenvalue weighted by molar-refractivity contribution is -0.137. The van der Waals surface area contributed by atoms with Crippen LogP contribution < -0.4 is 10.9 Å². The van der Waals surface area contributed by atoms with E-state index in [1.54, 1.807) is 11.3 Å². The van der Waals surface area contributed by atoms with Crippen molar-refractivity contribution in [3.63, 3.8) is 0 Å². The number of nitrogens with zero attached hydrogens (tertiary/aromatic N) is 2. The van der Waals surface area contributed by atoms with Crippen LogP contribution in [0.1, 0.15) is 40.8 Å². The summed E-state index contributed by atoms with van der Waals surface area (Å²) in [6, 6.07) is 4.84. The third kappa shape index (κ3) is 4.26. The Hall–Kier alpha value is -2.68. The fourth-order valence-electron chi connectivity index (χ4n) is 3.71. The highest BCUT2D eigenvalue weighted by Crippen LogP contribution is 2.33. The molecule has 0 saturated carbocycles. The normalized spacial score (nSPS) is 14.0. The van der Waals surface area contributed by atoms with Crippen molar-refractivity contribution in [3.8, 4) is 0 Å². The lowest BCUT2D eigenvalue weighted by Gasteiger charge is -2.11. The quantitative estimate of drug-likeness (QED) is 0.657. The van der Waals surface area contributed by atoms with Crippen molar-refractivity contribution in [1.29, 1.82) is 0 Å². The molecule has 1 aromatic carbocycles. The molecule has 5 nitrogen and oxygen atoms in total. The molecule has 1 amide bonds. The number of carbonyl (C=O) groups is 1. The summed E-state index contributed by atoms with van der Waals surface area (Å²) in [5, 5.41) is 3.28. The summed E-state index contributed by atoms with van der Waals surface area (Å²) in [4.78, 5) is 31.4. The monoisotopic (exact) mass is 435 g/mol. The SMILES string of the molecule is O=C(CCn1cnc2sc3c(c2c1=O)CCCC3)NCc1cccc(C(F)(F)F)c1. The summed E-state index contributed by atoms with van der Waals surface area (Å²) < 4.78 is 39.8. The van der Waals surface area contributed by atoms with Gasteiger partial charge in [-0.1, -0.05) is 12.1 Å². The molecule has 1 aliphatic rings. The highest BCUT2D eigenvalue weighted by molar-refractivity contribution is 7.18. The summed E-state index contributed by atoms with van der Waals surface area (Å²) in [6.45, 7) is 0.161. The van der Waals surface area contributed by atoms with Gasteiger partial charge in [0.15, 0.2) is 0 Å². The summed E-state index contributed by atoms with van der Waals surface area (Å²) in [5.74, 6) is -0.341. The number of nitrogens with one attached hydrogen (secondary N) is 1. The summed E-state index contributed by atoms with van der Waals surface area (Å²) >= 11 is 1.57.